The Morgan fingerprint density at radius 2 is 1.42 bits per heavy atom. The number of nitrogens with zero attached hydrogens (tertiary/aromatic N) is 2. The first kappa shape index (κ1) is 16.0. The molecular formula is C21H16N2O3. The van der Waals surface area contributed by atoms with Gasteiger partial charge in [0.05, 0.1) is 16.6 Å². The molecule has 0 saturated heterocycles. The van der Waals surface area contributed by atoms with E-state index in [0.29, 0.717) is 0 Å². The van der Waals surface area contributed by atoms with Crippen LogP contribution < -0.4 is 0 Å². The molecule has 26 heavy (non-hydrogen) atoms. The standard InChI is InChI=1S/C21H16N2O3/c24-23(25)18-13-11-15(12-14-18)19-20(16-7-3-1-4-8-16)22-26-21(19)17-9-5-2-6-10-17/h1-14,19,21H/t19-,21+/m1/s1. The van der Waals surface area contributed by atoms with Crippen LogP contribution in [0.15, 0.2) is 90.1 Å². The number of hydrogen-bond donors (Lipinski definition) is 0. The van der Waals surface area contributed by atoms with Gasteiger partial charge in [-0.15, -0.1) is 0 Å². The Labute approximate surface area is 150 Å². The molecule has 0 aromatic heterocycles. The lowest BCUT2D eigenvalue weighted by Gasteiger charge is -2.20. The molecule has 4 rings (SSSR count). The second kappa shape index (κ2) is 6.80. The van der Waals surface area contributed by atoms with Gasteiger partial charge in [-0.2, -0.15) is 0 Å². The predicted molar refractivity (Wildman–Crippen MR) is 99.1 cm³/mol. The molecule has 0 amide bonds. The zero-order valence-corrected chi connectivity index (χ0v) is 13.9. The number of nitro groups is 1. The summed E-state index contributed by atoms with van der Waals surface area (Å²) < 4.78 is 0. The van der Waals surface area contributed by atoms with Crippen LogP contribution in [0.3, 0.4) is 0 Å². The van der Waals surface area contributed by atoms with Crippen LogP contribution in [0, 0.1) is 10.1 Å². The molecule has 0 saturated carbocycles. The van der Waals surface area contributed by atoms with Crippen LogP contribution >= 0.6 is 0 Å². The second-order valence-corrected chi connectivity index (χ2v) is 6.11. The van der Waals surface area contributed by atoms with Crippen LogP contribution in [-0.2, 0) is 4.84 Å². The normalized spacial score (nSPS) is 18.8. The van der Waals surface area contributed by atoms with Gasteiger partial charge >= 0.3 is 0 Å². The van der Waals surface area contributed by atoms with Crippen LogP contribution in [0.25, 0.3) is 0 Å². The summed E-state index contributed by atoms with van der Waals surface area (Å²) in [6.07, 6.45) is -0.270. The lowest BCUT2D eigenvalue weighted by Crippen LogP contribution is -2.16. The smallest absolute Gasteiger partial charge is 0.269 e. The molecule has 0 bridgehead atoms. The lowest BCUT2D eigenvalue weighted by molar-refractivity contribution is -0.384. The number of nitro benzene ring substituents is 1. The summed E-state index contributed by atoms with van der Waals surface area (Å²) in [5, 5.41) is 15.3. The molecule has 0 spiro atoms. The predicted octanol–water partition coefficient (Wildman–Crippen LogP) is 4.85. The van der Waals surface area contributed by atoms with E-state index >= 15 is 0 Å². The molecule has 5 heteroatoms. The van der Waals surface area contributed by atoms with E-state index in [0.717, 1.165) is 22.4 Å². The average molecular weight is 344 g/mol. The maximum absolute atomic E-state index is 11.0. The molecule has 128 valence electrons. The minimum atomic E-state index is -0.393. The van der Waals surface area contributed by atoms with Gasteiger partial charge < -0.3 is 4.84 Å². The fourth-order valence-corrected chi connectivity index (χ4v) is 3.25. The largest absolute Gasteiger partial charge is 0.386 e. The van der Waals surface area contributed by atoms with Crippen molar-refractivity contribution < 1.29 is 9.76 Å². The van der Waals surface area contributed by atoms with Gasteiger partial charge in [0.1, 0.15) is 0 Å². The SMILES string of the molecule is O=[N+]([O-])c1ccc([C@@H]2C(c3ccccc3)=NO[C@H]2c2ccccc2)cc1. The highest BCUT2D eigenvalue weighted by molar-refractivity contribution is 6.06. The van der Waals surface area contributed by atoms with Crippen molar-refractivity contribution in [1.29, 1.82) is 0 Å². The summed E-state index contributed by atoms with van der Waals surface area (Å²) in [5.41, 5.74) is 3.83. The molecule has 1 aliphatic rings. The van der Waals surface area contributed by atoms with Gasteiger partial charge in [0, 0.05) is 17.7 Å². The highest BCUT2D eigenvalue weighted by Gasteiger charge is 2.37. The Morgan fingerprint density at radius 3 is 2.04 bits per heavy atom. The zero-order valence-electron chi connectivity index (χ0n) is 13.9. The van der Waals surface area contributed by atoms with Gasteiger partial charge in [0.25, 0.3) is 5.69 Å². The third kappa shape index (κ3) is 2.95. The van der Waals surface area contributed by atoms with Crippen LogP contribution in [0.1, 0.15) is 28.7 Å². The molecule has 0 N–H and O–H groups in total. The number of oxime groups is 1. The third-order valence-corrected chi connectivity index (χ3v) is 4.52. The number of non-ortho nitro benzene ring substituents is 1. The van der Waals surface area contributed by atoms with E-state index in [1.165, 1.54) is 12.1 Å². The first-order valence-corrected chi connectivity index (χ1v) is 8.32. The topological polar surface area (TPSA) is 64.7 Å². The Bertz CT molecular complexity index is 938. The van der Waals surface area contributed by atoms with E-state index in [9.17, 15) is 10.1 Å². The zero-order chi connectivity index (χ0) is 17.9. The van der Waals surface area contributed by atoms with Crippen LogP contribution in [0.5, 0.6) is 0 Å². The van der Waals surface area contributed by atoms with Crippen molar-refractivity contribution in [2.75, 3.05) is 0 Å². The van der Waals surface area contributed by atoms with Crippen molar-refractivity contribution in [3.05, 3.63) is 112 Å². The molecule has 0 fully saturated rings. The van der Waals surface area contributed by atoms with E-state index in [4.69, 9.17) is 4.84 Å². The van der Waals surface area contributed by atoms with Gasteiger partial charge in [-0.1, -0.05) is 78.0 Å². The maximum atomic E-state index is 11.0. The summed E-state index contributed by atoms with van der Waals surface area (Å²) >= 11 is 0. The quantitative estimate of drug-likeness (QED) is 0.502. The van der Waals surface area contributed by atoms with Crippen molar-refractivity contribution in [3.8, 4) is 0 Å². The Morgan fingerprint density at radius 1 is 0.808 bits per heavy atom. The van der Waals surface area contributed by atoms with Crippen molar-refractivity contribution in [1.82, 2.24) is 0 Å². The van der Waals surface area contributed by atoms with Gasteiger partial charge in [-0.3, -0.25) is 10.1 Å². The van der Waals surface area contributed by atoms with Crippen molar-refractivity contribution in [2.45, 2.75) is 12.0 Å². The Hall–Kier alpha value is -3.47. The first-order valence-electron chi connectivity index (χ1n) is 8.32. The third-order valence-electron chi connectivity index (χ3n) is 4.52. The number of benzene rings is 3. The van der Waals surface area contributed by atoms with Crippen molar-refractivity contribution in [3.63, 3.8) is 0 Å². The fourth-order valence-electron chi connectivity index (χ4n) is 3.25. The first-order chi connectivity index (χ1) is 12.7. The van der Waals surface area contributed by atoms with Crippen molar-refractivity contribution in [2.24, 2.45) is 5.16 Å². The molecule has 0 unspecified atom stereocenters. The Balaban J connectivity index is 1.77. The minimum Gasteiger partial charge on any atom is -0.386 e. The Kier molecular flexibility index (Phi) is 4.19. The summed E-state index contributed by atoms with van der Waals surface area (Å²) in [6, 6.07) is 26.4. The van der Waals surface area contributed by atoms with Gasteiger partial charge in [-0.05, 0) is 11.1 Å². The van der Waals surface area contributed by atoms with E-state index < -0.39 is 4.92 Å². The van der Waals surface area contributed by atoms with Crippen molar-refractivity contribution >= 4 is 11.4 Å². The summed E-state index contributed by atoms with van der Waals surface area (Å²) in [6.45, 7) is 0. The van der Waals surface area contributed by atoms with Gasteiger partial charge in [-0.25, -0.2) is 0 Å². The maximum Gasteiger partial charge on any atom is 0.269 e. The molecule has 3 aromatic carbocycles. The fraction of sp³-hybridized carbons (Fsp3) is 0.0952. The molecule has 1 heterocycles. The number of hydrogen-bond acceptors (Lipinski definition) is 4. The highest BCUT2D eigenvalue weighted by atomic mass is 16.6. The summed E-state index contributed by atoms with van der Waals surface area (Å²) in [4.78, 5) is 16.4. The monoisotopic (exact) mass is 344 g/mol. The van der Waals surface area contributed by atoms with Gasteiger partial charge in [0.2, 0.25) is 0 Å². The lowest BCUT2D eigenvalue weighted by atomic mass is 9.83. The molecule has 5 nitrogen and oxygen atoms in total. The van der Waals surface area contributed by atoms with Crippen LogP contribution in [-0.4, -0.2) is 10.6 Å². The van der Waals surface area contributed by atoms with Crippen LogP contribution in [0.4, 0.5) is 5.69 Å². The van der Waals surface area contributed by atoms with Crippen LogP contribution in [0.2, 0.25) is 0 Å². The van der Waals surface area contributed by atoms with E-state index in [1.807, 2.05) is 60.7 Å². The average Bonchev–Trinajstić information content (AvgIpc) is 3.14. The second-order valence-electron chi connectivity index (χ2n) is 6.11. The van der Waals surface area contributed by atoms with E-state index in [-0.39, 0.29) is 17.7 Å². The highest BCUT2D eigenvalue weighted by Crippen LogP contribution is 2.42. The molecule has 2 atom stereocenters. The molecule has 1 aliphatic heterocycles. The summed E-state index contributed by atoms with van der Waals surface area (Å²) in [7, 11) is 0. The molecule has 0 radical (unpaired) electrons. The molecular weight excluding hydrogens is 328 g/mol. The van der Waals surface area contributed by atoms with E-state index in [1.54, 1.807) is 12.1 Å². The minimum absolute atomic E-state index is 0.0714. The number of rotatable bonds is 4. The van der Waals surface area contributed by atoms with Gasteiger partial charge in [0.15, 0.2) is 6.10 Å². The molecule has 3 aromatic rings. The van der Waals surface area contributed by atoms with E-state index in [2.05, 4.69) is 5.16 Å². The summed E-state index contributed by atoms with van der Waals surface area (Å²) in [5.74, 6) is -0.138. The molecule has 0 aliphatic carbocycles.